The van der Waals surface area contributed by atoms with Gasteiger partial charge in [0, 0.05) is 18.2 Å². The minimum atomic E-state index is -0.0856. The molecule has 1 rings (SSSR count). The molecule has 58 valence electrons. The smallest absolute Gasteiger partial charge is 0.227 e. The Morgan fingerprint density at radius 3 is 3.00 bits per heavy atom. The maximum atomic E-state index is 10.8. The summed E-state index contributed by atoms with van der Waals surface area (Å²) in [5, 5.41) is 2.49. The van der Waals surface area contributed by atoms with E-state index in [2.05, 4.69) is 5.32 Å². The summed E-state index contributed by atoms with van der Waals surface area (Å²) in [6.45, 7) is 1.47. The predicted octanol–water partition coefficient (Wildman–Crippen LogP) is 0.535. The summed E-state index contributed by atoms with van der Waals surface area (Å²) in [6, 6.07) is 0. The first-order valence-electron chi connectivity index (χ1n) is 3.37. The zero-order valence-electron chi connectivity index (χ0n) is 6.26. The monoisotopic (exact) mass is 151 g/mol. The van der Waals surface area contributed by atoms with Crippen molar-refractivity contribution in [2.45, 2.75) is 13.3 Å². The molecule has 1 N–H and O–H groups in total. The van der Waals surface area contributed by atoms with Crippen LogP contribution in [0.2, 0.25) is 0 Å². The standard InChI is InChI=1S/C8H9NO2/c1-6(10)7-3-2-4-8(11)9-5-7/h2-3,5H,4H2,1H3,(H,9,11). The summed E-state index contributed by atoms with van der Waals surface area (Å²) in [5.41, 5.74) is 0.538. The molecule has 3 heteroatoms. The number of hydrogen-bond donors (Lipinski definition) is 1. The van der Waals surface area contributed by atoms with Gasteiger partial charge < -0.3 is 5.32 Å². The number of allylic oxidation sites excluding steroid dienone is 2. The first-order valence-corrected chi connectivity index (χ1v) is 3.37. The summed E-state index contributed by atoms with van der Waals surface area (Å²) in [6.07, 6.45) is 5.11. The lowest BCUT2D eigenvalue weighted by Gasteiger charge is -1.93. The van der Waals surface area contributed by atoms with E-state index in [4.69, 9.17) is 0 Å². The topological polar surface area (TPSA) is 46.2 Å². The highest BCUT2D eigenvalue weighted by molar-refractivity contribution is 5.97. The SMILES string of the molecule is CC(=O)C1=CNC(=O)CC=C1. The summed E-state index contributed by atoms with van der Waals surface area (Å²) in [4.78, 5) is 21.5. The molecule has 0 fully saturated rings. The van der Waals surface area contributed by atoms with Crippen LogP contribution < -0.4 is 5.32 Å². The van der Waals surface area contributed by atoms with E-state index in [0.717, 1.165) is 0 Å². The molecule has 0 aromatic heterocycles. The Labute approximate surface area is 64.8 Å². The number of Topliss-reactive ketones (excluding diaryl/α,β-unsaturated/α-hetero) is 1. The van der Waals surface area contributed by atoms with E-state index in [1.165, 1.54) is 13.1 Å². The van der Waals surface area contributed by atoms with Crippen LogP contribution in [0.5, 0.6) is 0 Å². The first-order chi connectivity index (χ1) is 5.20. The number of carbonyl (C=O) groups excluding carboxylic acids is 2. The Kier molecular flexibility index (Phi) is 2.21. The fourth-order valence-electron chi connectivity index (χ4n) is 0.777. The number of carbonyl (C=O) groups is 2. The summed E-state index contributed by atoms with van der Waals surface area (Å²) in [7, 11) is 0. The molecule has 0 bridgehead atoms. The molecule has 1 heterocycles. The van der Waals surface area contributed by atoms with Gasteiger partial charge in [0.1, 0.15) is 0 Å². The largest absolute Gasteiger partial charge is 0.332 e. The summed E-state index contributed by atoms with van der Waals surface area (Å²) in [5.74, 6) is -0.124. The maximum Gasteiger partial charge on any atom is 0.227 e. The van der Waals surface area contributed by atoms with Crippen LogP contribution in [0.4, 0.5) is 0 Å². The van der Waals surface area contributed by atoms with Crippen LogP contribution in [0, 0.1) is 0 Å². The molecule has 3 nitrogen and oxygen atoms in total. The molecular formula is C8H9NO2. The van der Waals surface area contributed by atoms with Crippen LogP contribution >= 0.6 is 0 Å². The minimum Gasteiger partial charge on any atom is -0.332 e. The second kappa shape index (κ2) is 3.14. The van der Waals surface area contributed by atoms with Gasteiger partial charge in [0.15, 0.2) is 5.78 Å². The van der Waals surface area contributed by atoms with Crippen LogP contribution in [-0.2, 0) is 9.59 Å². The average molecular weight is 151 g/mol. The Hall–Kier alpha value is -1.38. The third kappa shape index (κ3) is 2.04. The van der Waals surface area contributed by atoms with Gasteiger partial charge in [-0.25, -0.2) is 0 Å². The van der Waals surface area contributed by atoms with Crippen LogP contribution in [0.15, 0.2) is 23.9 Å². The van der Waals surface area contributed by atoms with Gasteiger partial charge in [-0.1, -0.05) is 12.2 Å². The Bertz CT molecular complexity index is 251. The summed E-state index contributed by atoms with van der Waals surface area (Å²) >= 11 is 0. The van der Waals surface area contributed by atoms with Crippen LogP contribution in [0.1, 0.15) is 13.3 Å². The molecule has 0 saturated carbocycles. The molecule has 1 amide bonds. The zero-order chi connectivity index (χ0) is 8.27. The zero-order valence-corrected chi connectivity index (χ0v) is 6.26. The van der Waals surface area contributed by atoms with Gasteiger partial charge in [-0.05, 0) is 6.92 Å². The van der Waals surface area contributed by atoms with Crippen LogP contribution in [0.25, 0.3) is 0 Å². The van der Waals surface area contributed by atoms with Crippen molar-refractivity contribution < 1.29 is 9.59 Å². The van der Waals surface area contributed by atoms with Gasteiger partial charge in [-0.15, -0.1) is 0 Å². The fraction of sp³-hybridized carbons (Fsp3) is 0.250. The van der Waals surface area contributed by atoms with Crippen molar-refractivity contribution in [3.05, 3.63) is 23.9 Å². The van der Waals surface area contributed by atoms with Crippen molar-refractivity contribution in [1.29, 1.82) is 0 Å². The Morgan fingerprint density at radius 1 is 1.64 bits per heavy atom. The van der Waals surface area contributed by atoms with Gasteiger partial charge in [0.05, 0.1) is 0 Å². The highest BCUT2D eigenvalue weighted by Gasteiger charge is 2.04. The number of nitrogens with one attached hydrogen (secondary N) is 1. The summed E-state index contributed by atoms with van der Waals surface area (Å²) < 4.78 is 0. The first kappa shape index (κ1) is 7.72. The fourth-order valence-corrected chi connectivity index (χ4v) is 0.777. The van der Waals surface area contributed by atoms with Gasteiger partial charge in [-0.2, -0.15) is 0 Å². The number of ketones is 1. The van der Waals surface area contributed by atoms with Gasteiger partial charge in [-0.3, -0.25) is 9.59 Å². The van der Waals surface area contributed by atoms with E-state index in [9.17, 15) is 9.59 Å². The van der Waals surface area contributed by atoms with E-state index in [-0.39, 0.29) is 11.7 Å². The van der Waals surface area contributed by atoms with E-state index >= 15 is 0 Å². The number of rotatable bonds is 1. The molecule has 11 heavy (non-hydrogen) atoms. The Morgan fingerprint density at radius 2 is 2.36 bits per heavy atom. The van der Waals surface area contributed by atoms with Gasteiger partial charge >= 0.3 is 0 Å². The van der Waals surface area contributed by atoms with Gasteiger partial charge in [0.2, 0.25) is 5.91 Å². The molecule has 0 saturated heterocycles. The van der Waals surface area contributed by atoms with Crippen molar-refractivity contribution in [1.82, 2.24) is 5.32 Å². The van der Waals surface area contributed by atoms with Gasteiger partial charge in [0.25, 0.3) is 0 Å². The lowest BCUT2D eigenvalue weighted by Crippen LogP contribution is -2.15. The molecule has 0 aliphatic carbocycles. The lowest BCUT2D eigenvalue weighted by atomic mass is 10.2. The molecular weight excluding hydrogens is 142 g/mol. The van der Waals surface area contributed by atoms with Crippen molar-refractivity contribution in [3.63, 3.8) is 0 Å². The minimum absolute atomic E-state index is 0.0385. The van der Waals surface area contributed by atoms with Crippen LogP contribution in [-0.4, -0.2) is 11.7 Å². The van der Waals surface area contributed by atoms with Crippen molar-refractivity contribution in [3.8, 4) is 0 Å². The van der Waals surface area contributed by atoms with E-state index in [1.54, 1.807) is 12.2 Å². The van der Waals surface area contributed by atoms with Crippen LogP contribution in [0.3, 0.4) is 0 Å². The van der Waals surface area contributed by atoms with E-state index < -0.39 is 0 Å². The normalized spacial score (nSPS) is 16.8. The third-order valence-corrected chi connectivity index (χ3v) is 1.40. The molecule has 0 spiro atoms. The lowest BCUT2D eigenvalue weighted by molar-refractivity contribution is -0.119. The third-order valence-electron chi connectivity index (χ3n) is 1.40. The Balaban J connectivity index is 2.80. The number of hydrogen-bond acceptors (Lipinski definition) is 2. The molecule has 0 radical (unpaired) electrons. The highest BCUT2D eigenvalue weighted by atomic mass is 16.1. The highest BCUT2D eigenvalue weighted by Crippen LogP contribution is 2.01. The second-order valence-electron chi connectivity index (χ2n) is 2.33. The molecule has 0 unspecified atom stereocenters. The van der Waals surface area contributed by atoms with Crippen molar-refractivity contribution in [2.75, 3.05) is 0 Å². The van der Waals surface area contributed by atoms with Crippen molar-refractivity contribution in [2.24, 2.45) is 0 Å². The quantitative estimate of drug-likeness (QED) is 0.594. The maximum absolute atomic E-state index is 10.8. The molecule has 0 aromatic rings. The van der Waals surface area contributed by atoms with E-state index in [1.807, 2.05) is 0 Å². The molecule has 0 atom stereocenters. The second-order valence-corrected chi connectivity index (χ2v) is 2.33. The number of amides is 1. The molecule has 1 aliphatic rings. The molecule has 0 aromatic carbocycles. The average Bonchev–Trinajstić information content (AvgIpc) is 2.13. The van der Waals surface area contributed by atoms with E-state index in [0.29, 0.717) is 12.0 Å². The van der Waals surface area contributed by atoms with Crippen molar-refractivity contribution >= 4 is 11.7 Å². The predicted molar refractivity (Wildman–Crippen MR) is 40.7 cm³/mol. The molecule has 1 aliphatic heterocycles.